The molecular weight excluding hydrogens is 381 g/mol. The monoisotopic (exact) mass is 389 g/mol. The van der Waals surface area contributed by atoms with Gasteiger partial charge in [0, 0.05) is 12.7 Å². The molecular formula is C13H10BrCl2N3S. The van der Waals surface area contributed by atoms with Crippen molar-refractivity contribution in [1.29, 1.82) is 0 Å². The van der Waals surface area contributed by atoms with Crippen LogP contribution in [0.5, 0.6) is 0 Å². The second kappa shape index (κ2) is 7.22. The number of hydrogen-bond acceptors (Lipinski definition) is 2. The van der Waals surface area contributed by atoms with Crippen molar-refractivity contribution in [2.75, 3.05) is 5.32 Å². The Morgan fingerprint density at radius 1 is 1.30 bits per heavy atom. The third-order valence-electron chi connectivity index (χ3n) is 2.44. The third-order valence-corrected chi connectivity index (χ3v) is 3.94. The molecule has 0 spiro atoms. The average Bonchev–Trinajstić information content (AvgIpc) is 2.42. The van der Waals surface area contributed by atoms with E-state index in [0.717, 1.165) is 10.2 Å². The number of pyridine rings is 1. The van der Waals surface area contributed by atoms with Crippen LogP contribution in [0.4, 0.5) is 5.69 Å². The highest BCUT2D eigenvalue weighted by molar-refractivity contribution is 9.10. The summed E-state index contributed by atoms with van der Waals surface area (Å²) in [5.74, 6) is 0. The number of anilines is 1. The van der Waals surface area contributed by atoms with Crippen LogP contribution in [-0.4, -0.2) is 10.1 Å². The maximum absolute atomic E-state index is 6.08. The number of benzene rings is 1. The molecule has 1 aromatic carbocycles. The minimum absolute atomic E-state index is 0.449. The van der Waals surface area contributed by atoms with Gasteiger partial charge in [-0.2, -0.15) is 0 Å². The molecule has 0 radical (unpaired) electrons. The van der Waals surface area contributed by atoms with Crippen molar-refractivity contribution in [2.24, 2.45) is 0 Å². The summed E-state index contributed by atoms with van der Waals surface area (Å²) in [7, 11) is 0. The molecule has 1 aromatic heterocycles. The van der Waals surface area contributed by atoms with Crippen molar-refractivity contribution in [1.82, 2.24) is 10.3 Å². The third kappa shape index (κ3) is 4.31. The zero-order valence-corrected chi connectivity index (χ0v) is 14.1. The Morgan fingerprint density at radius 2 is 2.10 bits per heavy atom. The lowest BCUT2D eigenvalue weighted by Crippen LogP contribution is -2.28. The quantitative estimate of drug-likeness (QED) is 0.591. The van der Waals surface area contributed by atoms with E-state index < -0.39 is 0 Å². The molecule has 3 nitrogen and oxygen atoms in total. The van der Waals surface area contributed by atoms with Crippen molar-refractivity contribution in [3.05, 3.63) is 56.7 Å². The van der Waals surface area contributed by atoms with E-state index in [2.05, 4.69) is 31.5 Å². The zero-order chi connectivity index (χ0) is 14.5. The summed E-state index contributed by atoms with van der Waals surface area (Å²) in [5.41, 5.74) is 1.74. The lowest BCUT2D eigenvalue weighted by atomic mass is 10.3. The molecule has 2 rings (SSSR count). The first-order valence-electron chi connectivity index (χ1n) is 5.65. The minimum Gasteiger partial charge on any atom is -0.358 e. The molecule has 20 heavy (non-hydrogen) atoms. The normalized spacial score (nSPS) is 10.2. The lowest BCUT2D eigenvalue weighted by molar-refractivity contribution is 0.919. The van der Waals surface area contributed by atoms with Crippen LogP contribution in [0.15, 0.2) is 41.1 Å². The molecule has 0 saturated carbocycles. The van der Waals surface area contributed by atoms with E-state index in [1.165, 1.54) is 0 Å². The van der Waals surface area contributed by atoms with Gasteiger partial charge in [0.25, 0.3) is 0 Å². The van der Waals surface area contributed by atoms with Crippen LogP contribution in [0.2, 0.25) is 10.0 Å². The van der Waals surface area contributed by atoms with Gasteiger partial charge in [0.05, 0.1) is 15.7 Å². The van der Waals surface area contributed by atoms with E-state index in [1.54, 1.807) is 18.3 Å². The standard InChI is InChI=1S/C13H10BrCl2N3S/c14-11-6-8(4-5-17-11)7-18-13(20)19-10-3-1-2-9(15)12(10)16/h1-6H,7H2,(H2,18,19,20). The van der Waals surface area contributed by atoms with Gasteiger partial charge in [-0.15, -0.1) is 0 Å². The van der Waals surface area contributed by atoms with Gasteiger partial charge in [-0.1, -0.05) is 29.3 Å². The summed E-state index contributed by atoms with van der Waals surface area (Å²) in [4.78, 5) is 4.06. The molecule has 0 amide bonds. The molecule has 2 aromatic rings. The molecule has 2 N–H and O–H groups in total. The van der Waals surface area contributed by atoms with Gasteiger partial charge in [-0.3, -0.25) is 0 Å². The number of hydrogen-bond donors (Lipinski definition) is 2. The van der Waals surface area contributed by atoms with Crippen LogP contribution in [0.25, 0.3) is 0 Å². The van der Waals surface area contributed by atoms with Crippen LogP contribution >= 0.6 is 51.3 Å². The number of nitrogens with zero attached hydrogens (tertiary/aromatic N) is 1. The molecule has 0 aliphatic heterocycles. The first kappa shape index (κ1) is 15.5. The van der Waals surface area contributed by atoms with Gasteiger partial charge < -0.3 is 10.6 Å². The number of halogens is 3. The summed E-state index contributed by atoms with van der Waals surface area (Å²) >= 11 is 20.6. The summed E-state index contributed by atoms with van der Waals surface area (Å²) in [6.45, 7) is 0.588. The summed E-state index contributed by atoms with van der Waals surface area (Å²) in [5, 5.41) is 7.51. The lowest BCUT2D eigenvalue weighted by Gasteiger charge is -2.12. The predicted octanol–water partition coefficient (Wildman–Crippen LogP) is 4.64. The summed E-state index contributed by atoms with van der Waals surface area (Å²) in [6, 6.07) is 9.17. The minimum atomic E-state index is 0.449. The SMILES string of the molecule is S=C(NCc1ccnc(Br)c1)Nc1cccc(Cl)c1Cl. The molecule has 0 atom stereocenters. The van der Waals surface area contributed by atoms with Crippen LogP contribution in [0, 0.1) is 0 Å². The van der Waals surface area contributed by atoms with Crippen LogP contribution < -0.4 is 10.6 Å². The molecule has 0 bridgehead atoms. The van der Waals surface area contributed by atoms with Crippen LogP contribution in [-0.2, 0) is 6.54 Å². The van der Waals surface area contributed by atoms with Gasteiger partial charge in [-0.05, 0) is 58.0 Å². The smallest absolute Gasteiger partial charge is 0.171 e. The fourth-order valence-electron chi connectivity index (χ4n) is 1.50. The molecule has 0 saturated heterocycles. The molecule has 104 valence electrons. The highest BCUT2D eigenvalue weighted by Gasteiger charge is 2.05. The number of thiocarbonyl (C=S) groups is 1. The Balaban J connectivity index is 1.94. The average molecular weight is 391 g/mol. The molecule has 0 aliphatic rings. The largest absolute Gasteiger partial charge is 0.358 e. The van der Waals surface area contributed by atoms with E-state index in [1.807, 2.05) is 18.2 Å². The number of aromatic nitrogens is 1. The molecule has 0 aliphatic carbocycles. The maximum atomic E-state index is 6.08. The van der Waals surface area contributed by atoms with Gasteiger partial charge >= 0.3 is 0 Å². The van der Waals surface area contributed by atoms with Crippen molar-refractivity contribution in [2.45, 2.75) is 6.54 Å². The molecule has 0 fully saturated rings. The van der Waals surface area contributed by atoms with Gasteiger partial charge in [0.15, 0.2) is 5.11 Å². The summed E-state index contributed by atoms with van der Waals surface area (Å²) in [6.07, 6.45) is 1.73. The predicted molar refractivity (Wildman–Crippen MR) is 91.5 cm³/mol. The first-order chi connectivity index (χ1) is 9.56. The Bertz CT molecular complexity index is 637. The Morgan fingerprint density at radius 3 is 2.85 bits per heavy atom. The fraction of sp³-hybridized carbons (Fsp3) is 0.0769. The van der Waals surface area contributed by atoms with E-state index in [4.69, 9.17) is 35.4 Å². The van der Waals surface area contributed by atoms with Gasteiger partial charge in [0.1, 0.15) is 4.60 Å². The Kier molecular flexibility index (Phi) is 5.60. The molecule has 0 unspecified atom stereocenters. The highest BCUT2D eigenvalue weighted by Crippen LogP contribution is 2.29. The van der Waals surface area contributed by atoms with Crippen molar-refractivity contribution >= 4 is 62.1 Å². The van der Waals surface area contributed by atoms with Gasteiger partial charge in [-0.25, -0.2) is 4.98 Å². The van der Waals surface area contributed by atoms with E-state index >= 15 is 0 Å². The van der Waals surface area contributed by atoms with Crippen molar-refractivity contribution < 1.29 is 0 Å². The molecule has 1 heterocycles. The number of nitrogens with one attached hydrogen (secondary N) is 2. The van der Waals surface area contributed by atoms with Crippen molar-refractivity contribution in [3.63, 3.8) is 0 Å². The van der Waals surface area contributed by atoms with Crippen molar-refractivity contribution in [3.8, 4) is 0 Å². The second-order valence-electron chi connectivity index (χ2n) is 3.90. The van der Waals surface area contributed by atoms with Crippen LogP contribution in [0.3, 0.4) is 0 Å². The van der Waals surface area contributed by atoms with E-state index in [0.29, 0.717) is 27.4 Å². The van der Waals surface area contributed by atoms with E-state index in [9.17, 15) is 0 Å². The van der Waals surface area contributed by atoms with E-state index in [-0.39, 0.29) is 0 Å². The molecule has 7 heteroatoms. The zero-order valence-electron chi connectivity index (χ0n) is 10.2. The Labute approximate surface area is 140 Å². The highest BCUT2D eigenvalue weighted by atomic mass is 79.9. The maximum Gasteiger partial charge on any atom is 0.171 e. The van der Waals surface area contributed by atoms with Gasteiger partial charge in [0.2, 0.25) is 0 Å². The van der Waals surface area contributed by atoms with Crippen LogP contribution in [0.1, 0.15) is 5.56 Å². The topological polar surface area (TPSA) is 37.0 Å². The fourth-order valence-corrected chi connectivity index (χ4v) is 2.44. The first-order valence-corrected chi connectivity index (χ1v) is 7.61. The number of rotatable bonds is 3. The summed E-state index contributed by atoms with van der Waals surface area (Å²) < 4.78 is 0.786. The Hall–Kier alpha value is -0.880. The second-order valence-corrected chi connectivity index (χ2v) is 5.90.